The molecule has 1 N–H and O–H groups in total. The standard InChI is InChI=1S/C32H39N3O5S/c1-3-40-29-20-18-28(19-21-29)35(41(38,39)30-16-8-5-9-17-30)24-31(36)34(23-22-26-12-6-4-7-13-26)25(2)32(37)33-27-14-10-11-15-27/h4-9,12-13,16-21,25,27H,3,10-11,14-15,22-24H2,1-2H3,(H,33,37). The molecule has 1 saturated carbocycles. The molecule has 218 valence electrons. The van der Waals surface area contributed by atoms with E-state index < -0.39 is 28.5 Å². The van der Waals surface area contributed by atoms with Crippen molar-refractivity contribution in [2.45, 2.75) is 62.9 Å². The zero-order chi connectivity index (χ0) is 29.2. The fraction of sp³-hybridized carbons (Fsp3) is 0.375. The minimum absolute atomic E-state index is 0.0737. The molecule has 41 heavy (non-hydrogen) atoms. The van der Waals surface area contributed by atoms with Gasteiger partial charge in [0.25, 0.3) is 10.0 Å². The van der Waals surface area contributed by atoms with Gasteiger partial charge in [-0.2, -0.15) is 0 Å². The molecule has 0 radical (unpaired) electrons. The number of sulfonamides is 1. The van der Waals surface area contributed by atoms with E-state index in [9.17, 15) is 18.0 Å². The molecule has 9 heteroatoms. The summed E-state index contributed by atoms with van der Waals surface area (Å²) in [5.74, 6) is -0.0819. The number of ether oxygens (including phenoxy) is 1. The molecule has 1 atom stereocenters. The highest BCUT2D eigenvalue weighted by Crippen LogP contribution is 2.26. The quantitative estimate of drug-likeness (QED) is 0.315. The summed E-state index contributed by atoms with van der Waals surface area (Å²) >= 11 is 0. The number of rotatable bonds is 13. The van der Waals surface area contributed by atoms with E-state index in [4.69, 9.17) is 4.74 Å². The van der Waals surface area contributed by atoms with E-state index in [1.165, 1.54) is 17.0 Å². The molecular weight excluding hydrogens is 538 g/mol. The van der Waals surface area contributed by atoms with Gasteiger partial charge >= 0.3 is 0 Å². The Kier molecular flexibility index (Phi) is 10.4. The van der Waals surface area contributed by atoms with Crippen molar-refractivity contribution in [3.63, 3.8) is 0 Å². The second-order valence-electron chi connectivity index (χ2n) is 10.2. The molecular formula is C32H39N3O5S. The molecule has 1 fully saturated rings. The van der Waals surface area contributed by atoms with Crippen molar-refractivity contribution in [3.05, 3.63) is 90.5 Å². The fourth-order valence-corrected chi connectivity index (χ4v) is 6.52. The molecule has 4 rings (SSSR count). The third-order valence-corrected chi connectivity index (χ3v) is 9.19. The van der Waals surface area contributed by atoms with Gasteiger partial charge in [0.1, 0.15) is 18.3 Å². The minimum Gasteiger partial charge on any atom is -0.494 e. The maximum absolute atomic E-state index is 14.0. The monoisotopic (exact) mass is 577 g/mol. The maximum atomic E-state index is 14.0. The van der Waals surface area contributed by atoms with Gasteiger partial charge in [-0.15, -0.1) is 0 Å². The lowest BCUT2D eigenvalue weighted by Gasteiger charge is -2.32. The lowest BCUT2D eigenvalue weighted by molar-refractivity contribution is -0.139. The van der Waals surface area contributed by atoms with E-state index in [0.29, 0.717) is 24.5 Å². The van der Waals surface area contributed by atoms with Gasteiger partial charge in [-0.25, -0.2) is 8.42 Å². The van der Waals surface area contributed by atoms with Crippen LogP contribution in [0.4, 0.5) is 5.69 Å². The van der Waals surface area contributed by atoms with Crippen LogP contribution in [0.3, 0.4) is 0 Å². The van der Waals surface area contributed by atoms with Gasteiger partial charge in [0, 0.05) is 12.6 Å². The zero-order valence-corrected chi connectivity index (χ0v) is 24.6. The molecule has 0 spiro atoms. The molecule has 2 amide bonds. The smallest absolute Gasteiger partial charge is 0.264 e. The number of hydrogen-bond donors (Lipinski definition) is 1. The van der Waals surface area contributed by atoms with Gasteiger partial charge in [-0.05, 0) is 75.1 Å². The third kappa shape index (κ3) is 7.88. The van der Waals surface area contributed by atoms with Crippen molar-refractivity contribution in [2.75, 3.05) is 24.0 Å². The van der Waals surface area contributed by atoms with Crippen LogP contribution in [0.1, 0.15) is 45.1 Å². The van der Waals surface area contributed by atoms with Crippen LogP contribution < -0.4 is 14.4 Å². The molecule has 3 aromatic rings. The van der Waals surface area contributed by atoms with Gasteiger partial charge in [0.2, 0.25) is 11.8 Å². The summed E-state index contributed by atoms with van der Waals surface area (Å²) in [5.41, 5.74) is 1.35. The summed E-state index contributed by atoms with van der Waals surface area (Å²) in [7, 11) is -4.10. The average Bonchev–Trinajstić information content (AvgIpc) is 3.50. The highest BCUT2D eigenvalue weighted by molar-refractivity contribution is 7.92. The van der Waals surface area contributed by atoms with Crippen molar-refractivity contribution in [1.82, 2.24) is 10.2 Å². The molecule has 1 unspecified atom stereocenters. The number of nitrogens with one attached hydrogen (secondary N) is 1. The van der Waals surface area contributed by atoms with Gasteiger partial charge in [-0.3, -0.25) is 13.9 Å². The van der Waals surface area contributed by atoms with Crippen LogP contribution in [-0.2, 0) is 26.0 Å². The number of amides is 2. The first-order valence-electron chi connectivity index (χ1n) is 14.2. The first kappa shape index (κ1) is 30.1. The second-order valence-corrected chi connectivity index (χ2v) is 12.1. The van der Waals surface area contributed by atoms with Crippen LogP contribution >= 0.6 is 0 Å². The second kappa shape index (κ2) is 14.2. The predicted molar refractivity (Wildman–Crippen MR) is 160 cm³/mol. The Labute approximate surface area is 243 Å². The Morgan fingerprint density at radius 2 is 1.54 bits per heavy atom. The number of benzene rings is 3. The number of nitrogens with zero attached hydrogens (tertiary/aromatic N) is 2. The topological polar surface area (TPSA) is 96.0 Å². The SMILES string of the molecule is CCOc1ccc(N(CC(=O)N(CCc2ccccc2)C(C)C(=O)NC2CCCC2)S(=O)(=O)c2ccccc2)cc1. The Hall–Kier alpha value is -3.85. The summed E-state index contributed by atoms with van der Waals surface area (Å²) in [6, 6.07) is 23.7. The van der Waals surface area contributed by atoms with Crippen LogP contribution in [0.2, 0.25) is 0 Å². The molecule has 0 heterocycles. The van der Waals surface area contributed by atoms with Gasteiger partial charge in [0.05, 0.1) is 17.2 Å². The van der Waals surface area contributed by atoms with E-state index in [-0.39, 0.29) is 23.4 Å². The van der Waals surface area contributed by atoms with Crippen molar-refractivity contribution in [1.29, 1.82) is 0 Å². The summed E-state index contributed by atoms with van der Waals surface area (Å²) in [5, 5.41) is 3.09. The molecule has 0 bridgehead atoms. The van der Waals surface area contributed by atoms with Gasteiger partial charge in [-0.1, -0.05) is 61.4 Å². The number of hydrogen-bond acceptors (Lipinski definition) is 5. The van der Waals surface area contributed by atoms with Crippen molar-refractivity contribution >= 4 is 27.5 Å². The molecule has 3 aromatic carbocycles. The van der Waals surface area contributed by atoms with E-state index in [0.717, 1.165) is 35.6 Å². The Morgan fingerprint density at radius 3 is 2.15 bits per heavy atom. The van der Waals surface area contributed by atoms with E-state index in [2.05, 4.69) is 5.32 Å². The van der Waals surface area contributed by atoms with Crippen molar-refractivity contribution in [3.8, 4) is 5.75 Å². The highest BCUT2D eigenvalue weighted by Gasteiger charge is 2.33. The summed E-state index contributed by atoms with van der Waals surface area (Å²) in [6.07, 6.45) is 4.53. The Balaban J connectivity index is 1.63. The van der Waals surface area contributed by atoms with E-state index in [1.54, 1.807) is 49.4 Å². The number of anilines is 1. The predicted octanol–water partition coefficient (Wildman–Crippen LogP) is 4.80. The fourth-order valence-electron chi connectivity index (χ4n) is 5.09. The first-order chi connectivity index (χ1) is 19.8. The van der Waals surface area contributed by atoms with E-state index >= 15 is 0 Å². The first-order valence-corrected chi connectivity index (χ1v) is 15.7. The maximum Gasteiger partial charge on any atom is 0.264 e. The highest BCUT2D eigenvalue weighted by atomic mass is 32.2. The lowest BCUT2D eigenvalue weighted by Crippen LogP contribution is -2.53. The number of carbonyl (C=O) groups is 2. The van der Waals surface area contributed by atoms with Crippen LogP contribution in [-0.4, -0.2) is 56.9 Å². The van der Waals surface area contributed by atoms with E-state index in [1.807, 2.05) is 37.3 Å². The van der Waals surface area contributed by atoms with Crippen LogP contribution in [0.15, 0.2) is 89.8 Å². The van der Waals surface area contributed by atoms with Crippen LogP contribution in [0.5, 0.6) is 5.75 Å². The summed E-state index contributed by atoms with van der Waals surface area (Å²) in [6.45, 7) is 3.86. The largest absolute Gasteiger partial charge is 0.494 e. The van der Waals surface area contributed by atoms with Crippen molar-refractivity contribution < 1.29 is 22.7 Å². The lowest BCUT2D eigenvalue weighted by atomic mass is 10.1. The molecule has 1 aliphatic carbocycles. The normalized spacial score (nSPS) is 14.3. The average molecular weight is 578 g/mol. The Bertz CT molecular complexity index is 1380. The summed E-state index contributed by atoms with van der Waals surface area (Å²) in [4.78, 5) is 28.8. The minimum atomic E-state index is -4.10. The molecule has 1 aliphatic rings. The van der Waals surface area contributed by atoms with Gasteiger partial charge in [0.15, 0.2) is 0 Å². The van der Waals surface area contributed by atoms with Crippen LogP contribution in [0.25, 0.3) is 0 Å². The van der Waals surface area contributed by atoms with Gasteiger partial charge < -0.3 is 15.0 Å². The Morgan fingerprint density at radius 1 is 0.927 bits per heavy atom. The third-order valence-electron chi connectivity index (χ3n) is 7.40. The van der Waals surface area contributed by atoms with Crippen molar-refractivity contribution in [2.24, 2.45) is 0 Å². The molecule has 0 saturated heterocycles. The van der Waals surface area contributed by atoms with Crippen LogP contribution in [0, 0.1) is 0 Å². The summed E-state index contributed by atoms with van der Waals surface area (Å²) < 4.78 is 34.4. The number of carbonyl (C=O) groups excluding carboxylic acids is 2. The zero-order valence-electron chi connectivity index (χ0n) is 23.7. The molecule has 8 nitrogen and oxygen atoms in total. The molecule has 0 aliphatic heterocycles. The molecule has 0 aromatic heterocycles.